The lowest BCUT2D eigenvalue weighted by Crippen LogP contribution is -2.43. The Kier molecular flexibility index (Phi) is 7.53. The van der Waals surface area contributed by atoms with Crippen molar-refractivity contribution in [3.8, 4) is 0 Å². The molecular formula is C14H27N3OS. The fraction of sp³-hybridized carbons (Fsp3) is 0.786. The van der Waals surface area contributed by atoms with Crippen molar-refractivity contribution in [3.05, 3.63) is 16.1 Å². The number of aromatic nitrogens is 1. The highest BCUT2D eigenvalue weighted by atomic mass is 32.1. The van der Waals surface area contributed by atoms with Crippen LogP contribution in [0.2, 0.25) is 0 Å². The summed E-state index contributed by atoms with van der Waals surface area (Å²) in [6.07, 6.45) is 0. The monoisotopic (exact) mass is 285 g/mol. The normalized spacial score (nSPS) is 13.4. The zero-order valence-electron chi connectivity index (χ0n) is 12.8. The van der Waals surface area contributed by atoms with Gasteiger partial charge in [0.25, 0.3) is 0 Å². The summed E-state index contributed by atoms with van der Waals surface area (Å²) in [6.45, 7) is 10.2. The average molecular weight is 285 g/mol. The van der Waals surface area contributed by atoms with Crippen molar-refractivity contribution in [1.82, 2.24) is 15.2 Å². The maximum atomic E-state index is 5.34. The Morgan fingerprint density at radius 1 is 1.42 bits per heavy atom. The topological polar surface area (TPSA) is 37.4 Å². The lowest BCUT2D eigenvalue weighted by molar-refractivity contribution is 0.101. The van der Waals surface area contributed by atoms with E-state index in [1.165, 1.54) is 4.88 Å². The van der Waals surface area contributed by atoms with E-state index < -0.39 is 0 Å². The molecule has 0 amide bonds. The summed E-state index contributed by atoms with van der Waals surface area (Å²) in [6, 6.07) is 0.394. The maximum absolute atomic E-state index is 5.34. The highest BCUT2D eigenvalue weighted by molar-refractivity contribution is 7.09. The minimum Gasteiger partial charge on any atom is -0.383 e. The highest BCUT2D eigenvalue weighted by Gasteiger charge is 2.16. The summed E-state index contributed by atoms with van der Waals surface area (Å²) in [7, 11) is 3.92. The summed E-state index contributed by atoms with van der Waals surface area (Å²) in [4.78, 5) is 7.99. The van der Waals surface area contributed by atoms with Crippen molar-refractivity contribution in [1.29, 1.82) is 0 Å². The zero-order chi connectivity index (χ0) is 14.3. The van der Waals surface area contributed by atoms with Crippen LogP contribution < -0.4 is 5.32 Å². The van der Waals surface area contributed by atoms with Gasteiger partial charge in [-0.2, -0.15) is 0 Å². The molecule has 1 rings (SSSR count). The molecule has 0 radical (unpaired) electrons. The second-order valence-corrected chi connectivity index (χ2v) is 6.38. The molecule has 1 aromatic heterocycles. The molecule has 0 aliphatic heterocycles. The number of aryl methyl sites for hydroxylation is 1. The summed E-state index contributed by atoms with van der Waals surface area (Å²) in [5.74, 6) is 0.678. The molecule has 0 aliphatic rings. The van der Waals surface area contributed by atoms with Gasteiger partial charge in [0.1, 0.15) is 0 Å². The predicted molar refractivity (Wildman–Crippen MR) is 81.7 cm³/mol. The summed E-state index contributed by atoms with van der Waals surface area (Å²) < 4.78 is 5.34. The summed E-state index contributed by atoms with van der Waals surface area (Å²) in [5.41, 5.74) is 3.06. The van der Waals surface area contributed by atoms with Gasteiger partial charge < -0.3 is 10.1 Å². The van der Waals surface area contributed by atoms with Crippen molar-refractivity contribution < 1.29 is 4.74 Å². The lowest BCUT2D eigenvalue weighted by atomic mass is 10.2. The molecule has 0 aromatic carbocycles. The van der Waals surface area contributed by atoms with Gasteiger partial charge in [-0.25, -0.2) is 4.98 Å². The van der Waals surface area contributed by atoms with Crippen LogP contribution in [0.3, 0.4) is 0 Å². The van der Waals surface area contributed by atoms with E-state index in [1.54, 1.807) is 18.4 Å². The van der Waals surface area contributed by atoms with Crippen molar-refractivity contribution in [3.63, 3.8) is 0 Å². The van der Waals surface area contributed by atoms with Gasteiger partial charge in [0.15, 0.2) is 0 Å². The second-order valence-electron chi connectivity index (χ2n) is 5.44. The minimum atomic E-state index is 0.394. The molecule has 0 spiro atoms. The van der Waals surface area contributed by atoms with Gasteiger partial charge in [0.2, 0.25) is 0 Å². The van der Waals surface area contributed by atoms with Crippen LogP contribution >= 0.6 is 11.3 Å². The van der Waals surface area contributed by atoms with Crippen molar-refractivity contribution >= 4 is 11.3 Å². The van der Waals surface area contributed by atoms with E-state index >= 15 is 0 Å². The largest absolute Gasteiger partial charge is 0.383 e. The third kappa shape index (κ3) is 5.99. The second kappa shape index (κ2) is 8.64. The van der Waals surface area contributed by atoms with Gasteiger partial charge in [-0.05, 0) is 26.4 Å². The number of nitrogens with one attached hydrogen (secondary N) is 1. The number of methoxy groups -OCH3 is 1. The smallest absolute Gasteiger partial charge is 0.0798 e. The van der Waals surface area contributed by atoms with Gasteiger partial charge >= 0.3 is 0 Å². The Morgan fingerprint density at radius 3 is 2.68 bits per heavy atom. The fourth-order valence-electron chi connectivity index (χ4n) is 1.91. The van der Waals surface area contributed by atoms with Crippen LogP contribution in [0.25, 0.3) is 0 Å². The first-order chi connectivity index (χ1) is 9.04. The van der Waals surface area contributed by atoms with Crippen molar-refractivity contribution in [2.75, 3.05) is 33.9 Å². The molecule has 5 heteroatoms. The predicted octanol–water partition coefficient (Wildman–Crippen LogP) is 2.14. The minimum absolute atomic E-state index is 0.394. The SMILES string of the molecule is COCC(CNCC(C)C)N(C)Cc1scnc1C. The molecule has 4 nitrogen and oxygen atoms in total. The Labute approximate surface area is 121 Å². The number of nitrogens with zero attached hydrogens (tertiary/aromatic N) is 2. The molecule has 1 atom stereocenters. The molecule has 0 aliphatic carbocycles. The van der Waals surface area contributed by atoms with E-state index in [4.69, 9.17) is 4.74 Å². The van der Waals surface area contributed by atoms with Crippen LogP contribution in [0, 0.1) is 12.8 Å². The highest BCUT2D eigenvalue weighted by Crippen LogP contribution is 2.15. The number of rotatable bonds is 9. The number of likely N-dealkylation sites (N-methyl/N-ethyl adjacent to an activating group) is 1. The van der Waals surface area contributed by atoms with Gasteiger partial charge in [-0.15, -0.1) is 11.3 Å². The van der Waals surface area contributed by atoms with Gasteiger partial charge in [-0.3, -0.25) is 4.90 Å². The Bertz CT molecular complexity index is 354. The number of hydrogen-bond acceptors (Lipinski definition) is 5. The van der Waals surface area contributed by atoms with Crippen LogP contribution in [-0.4, -0.2) is 49.8 Å². The van der Waals surface area contributed by atoms with E-state index in [1.807, 2.05) is 5.51 Å². The van der Waals surface area contributed by atoms with Crippen molar-refractivity contribution in [2.24, 2.45) is 5.92 Å². The standard InChI is InChI=1S/C14H27N3OS/c1-11(2)6-15-7-13(9-18-5)17(4)8-14-12(3)16-10-19-14/h10-11,13,15H,6-9H2,1-5H3. The maximum Gasteiger partial charge on any atom is 0.0798 e. The fourth-order valence-corrected chi connectivity index (χ4v) is 2.75. The van der Waals surface area contributed by atoms with Crippen LogP contribution in [0.5, 0.6) is 0 Å². The first-order valence-electron chi connectivity index (χ1n) is 6.83. The molecule has 1 unspecified atom stereocenters. The van der Waals surface area contributed by atoms with E-state index in [0.29, 0.717) is 12.0 Å². The first-order valence-corrected chi connectivity index (χ1v) is 7.71. The molecule has 1 aromatic rings. The molecule has 1 heterocycles. The zero-order valence-corrected chi connectivity index (χ0v) is 13.6. The molecule has 0 fully saturated rings. The molecule has 0 saturated heterocycles. The number of thiazole rings is 1. The van der Waals surface area contributed by atoms with Gasteiger partial charge in [-0.1, -0.05) is 13.8 Å². The first kappa shape index (κ1) is 16.6. The number of ether oxygens (including phenoxy) is 1. The molecule has 0 bridgehead atoms. The van der Waals surface area contributed by atoms with E-state index in [2.05, 4.69) is 43.0 Å². The van der Waals surface area contributed by atoms with Gasteiger partial charge in [0.05, 0.1) is 17.8 Å². The van der Waals surface area contributed by atoms with Crippen LogP contribution in [0.4, 0.5) is 0 Å². The summed E-state index contributed by atoms with van der Waals surface area (Å²) in [5, 5.41) is 3.51. The quantitative estimate of drug-likeness (QED) is 0.754. The van der Waals surface area contributed by atoms with Gasteiger partial charge in [0, 0.05) is 31.1 Å². The average Bonchev–Trinajstić information content (AvgIpc) is 2.73. The molecule has 1 N–H and O–H groups in total. The summed E-state index contributed by atoms with van der Waals surface area (Å²) >= 11 is 1.73. The van der Waals surface area contributed by atoms with Crippen molar-refractivity contribution in [2.45, 2.75) is 33.4 Å². The third-order valence-electron chi connectivity index (χ3n) is 3.15. The lowest BCUT2D eigenvalue weighted by Gasteiger charge is -2.28. The Hall–Kier alpha value is -0.490. The van der Waals surface area contributed by atoms with E-state index in [-0.39, 0.29) is 0 Å². The molecule has 19 heavy (non-hydrogen) atoms. The van der Waals surface area contributed by atoms with E-state index in [0.717, 1.165) is 31.9 Å². The van der Waals surface area contributed by atoms with Crippen LogP contribution in [0.1, 0.15) is 24.4 Å². The van der Waals surface area contributed by atoms with E-state index in [9.17, 15) is 0 Å². The molecular weight excluding hydrogens is 258 g/mol. The molecule has 0 saturated carbocycles. The number of hydrogen-bond donors (Lipinski definition) is 1. The third-order valence-corrected chi connectivity index (χ3v) is 4.07. The molecule has 110 valence electrons. The van der Waals surface area contributed by atoms with Crippen LogP contribution in [-0.2, 0) is 11.3 Å². The Morgan fingerprint density at radius 2 is 2.16 bits per heavy atom. The Balaban J connectivity index is 2.47. The van der Waals surface area contributed by atoms with Crippen LogP contribution in [0.15, 0.2) is 5.51 Å².